The summed E-state index contributed by atoms with van der Waals surface area (Å²) >= 11 is 0. The van der Waals surface area contributed by atoms with Gasteiger partial charge in [-0.15, -0.1) is 0 Å². The Morgan fingerprint density at radius 3 is 2.62 bits per heavy atom. The highest BCUT2D eigenvalue weighted by Crippen LogP contribution is 2.11. The molecule has 1 heterocycles. The molecule has 1 aliphatic rings. The van der Waals surface area contributed by atoms with Gasteiger partial charge in [0.05, 0.1) is 13.2 Å². The van der Waals surface area contributed by atoms with Crippen molar-refractivity contribution in [3.05, 3.63) is 71.8 Å². The maximum Gasteiger partial charge on any atom is 0.244 e. The summed E-state index contributed by atoms with van der Waals surface area (Å²) in [6, 6.07) is 17.2. The van der Waals surface area contributed by atoms with Crippen LogP contribution in [0.3, 0.4) is 0 Å². The van der Waals surface area contributed by atoms with Crippen molar-refractivity contribution >= 4 is 23.6 Å². The van der Waals surface area contributed by atoms with E-state index in [-0.39, 0.29) is 11.8 Å². The van der Waals surface area contributed by atoms with E-state index in [1.54, 1.807) is 6.08 Å². The molecule has 0 saturated carbocycles. The number of amides is 2. The molecule has 2 aromatic rings. The van der Waals surface area contributed by atoms with Crippen LogP contribution >= 0.6 is 0 Å². The lowest BCUT2D eigenvalue weighted by atomic mass is 10.2. The van der Waals surface area contributed by atoms with Gasteiger partial charge < -0.3 is 15.4 Å². The number of anilines is 1. The topological polar surface area (TPSA) is 70.7 Å². The highest BCUT2D eigenvalue weighted by atomic mass is 16.5. The van der Waals surface area contributed by atoms with Gasteiger partial charge in [0, 0.05) is 44.4 Å². The second kappa shape index (κ2) is 11.1. The molecule has 3 rings (SSSR count). The van der Waals surface area contributed by atoms with Crippen LogP contribution in [0.4, 0.5) is 5.69 Å². The fraction of sp³-hybridized carbons (Fsp3) is 0.304. The molecular formula is C23H27N3O3. The van der Waals surface area contributed by atoms with E-state index in [4.69, 9.17) is 4.74 Å². The maximum absolute atomic E-state index is 12.2. The smallest absolute Gasteiger partial charge is 0.244 e. The van der Waals surface area contributed by atoms with Crippen molar-refractivity contribution in [3.63, 3.8) is 0 Å². The highest BCUT2D eigenvalue weighted by Gasteiger charge is 2.12. The minimum Gasteiger partial charge on any atom is -0.379 e. The molecule has 6 nitrogen and oxygen atoms in total. The quantitative estimate of drug-likeness (QED) is 0.677. The zero-order chi connectivity index (χ0) is 20.3. The molecule has 0 aliphatic carbocycles. The fourth-order valence-corrected chi connectivity index (χ4v) is 3.05. The molecule has 1 saturated heterocycles. The standard InChI is InChI=1S/C23H27N3O3/c27-22(10-9-19-5-2-1-3-6-19)24-18-20-7-4-8-21(17-20)25-23(28)11-12-26-13-15-29-16-14-26/h1-10,17H,11-16,18H2,(H,24,27)(H,25,28)/b10-9+. The molecule has 2 N–H and O–H groups in total. The first kappa shape index (κ1) is 20.8. The van der Waals surface area contributed by atoms with Gasteiger partial charge in [-0.3, -0.25) is 14.5 Å². The molecule has 0 atom stereocenters. The van der Waals surface area contributed by atoms with E-state index in [0.717, 1.165) is 49.7 Å². The van der Waals surface area contributed by atoms with Crippen molar-refractivity contribution in [1.29, 1.82) is 0 Å². The van der Waals surface area contributed by atoms with Crippen molar-refractivity contribution in [1.82, 2.24) is 10.2 Å². The molecule has 0 spiro atoms. The third-order valence-corrected chi connectivity index (χ3v) is 4.66. The van der Waals surface area contributed by atoms with E-state index in [2.05, 4.69) is 15.5 Å². The van der Waals surface area contributed by atoms with E-state index in [9.17, 15) is 9.59 Å². The number of hydrogen-bond donors (Lipinski definition) is 2. The number of rotatable bonds is 8. The van der Waals surface area contributed by atoms with E-state index < -0.39 is 0 Å². The zero-order valence-electron chi connectivity index (χ0n) is 16.5. The Bertz CT molecular complexity index is 830. The fourth-order valence-electron chi connectivity index (χ4n) is 3.05. The highest BCUT2D eigenvalue weighted by molar-refractivity contribution is 5.92. The molecule has 2 amide bonds. The number of ether oxygens (including phenoxy) is 1. The largest absolute Gasteiger partial charge is 0.379 e. The summed E-state index contributed by atoms with van der Waals surface area (Å²) in [4.78, 5) is 26.4. The van der Waals surface area contributed by atoms with Crippen LogP contribution in [0.2, 0.25) is 0 Å². The first-order valence-electron chi connectivity index (χ1n) is 9.89. The Balaban J connectivity index is 1.43. The Morgan fingerprint density at radius 2 is 1.83 bits per heavy atom. The van der Waals surface area contributed by atoms with Crippen molar-refractivity contribution in [2.24, 2.45) is 0 Å². The van der Waals surface area contributed by atoms with Gasteiger partial charge in [-0.2, -0.15) is 0 Å². The third-order valence-electron chi connectivity index (χ3n) is 4.66. The Kier molecular flexibility index (Phi) is 7.98. The number of morpholine rings is 1. The molecule has 2 aromatic carbocycles. The van der Waals surface area contributed by atoms with E-state index in [1.807, 2.05) is 54.6 Å². The lowest BCUT2D eigenvalue weighted by Crippen LogP contribution is -2.38. The van der Waals surface area contributed by atoms with Gasteiger partial charge in [-0.25, -0.2) is 0 Å². The lowest BCUT2D eigenvalue weighted by molar-refractivity contribution is -0.117. The minimum atomic E-state index is -0.159. The average Bonchev–Trinajstić information content (AvgIpc) is 2.76. The molecule has 152 valence electrons. The van der Waals surface area contributed by atoms with Crippen molar-refractivity contribution < 1.29 is 14.3 Å². The van der Waals surface area contributed by atoms with Gasteiger partial charge in [0.15, 0.2) is 0 Å². The van der Waals surface area contributed by atoms with Gasteiger partial charge in [0.25, 0.3) is 0 Å². The first-order valence-corrected chi connectivity index (χ1v) is 9.89. The van der Waals surface area contributed by atoms with Crippen LogP contribution in [-0.2, 0) is 20.9 Å². The number of benzene rings is 2. The van der Waals surface area contributed by atoms with Gasteiger partial charge >= 0.3 is 0 Å². The molecule has 1 aliphatic heterocycles. The summed E-state index contributed by atoms with van der Waals surface area (Å²) < 4.78 is 5.32. The van der Waals surface area contributed by atoms with Gasteiger partial charge in [0.1, 0.15) is 0 Å². The Morgan fingerprint density at radius 1 is 1.03 bits per heavy atom. The number of carbonyl (C=O) groups is 2. The van der Waals surface area contributed by atoms with E-state index in [0.29, 0.717) is 13.0 Å². The monoisotopic (exact) mass is 393 g/mol. The normalized spacial score (nSPS) is 14.6. The van der Waals surface area contributed by atoms with Gasteiger partial charge in [0.2, 0.25) is 11.8 Å². The number of nitrogens with zero attached hydrogens (tertiary/aromatic N) is 1. The minimum absolute atomic E-state index is 0.0107. The summed E-state index contributed by atoms with van der Waals surface area (Å²) in [6.45, 7) is 4.35. The number of nitrogens with one attached hydrogen (secondary N) is 2. The Labute approximate surface area is 171 Å². The van der Waals surface area contributed by atoms with Crippen LogP contribution in [0, 0.1) is 0 Å². The van der Waals surface area contributed by atoms with E-state index >= 15 is 0 Å². The molecule has 6 heteroatoms. The molecule has 0 bridgehead atoms. The van der Waals surface area contributed by atoms with Gasteiger partial charge in [-0.05, 0) is 29.3 Å². The summed E-state index contributed by atoms with van der Waals surface area (Å²) in [5.41, 5.74) is 2.64. The maximum atomic E-state index is 12.2. The second-order valence-corrected chi connectivity index (χ2v) is 6.91. The summed E-state index contributed by atoms with van der Waals surface area (Å²) in [5.74, 6) is -0.169. The van der Waals surface area contributed by atoms with Crippen LogP contribution in [0.1, 0.15) is 17.5 Å². The predicted molar refractivity (Wildman–Crippen MR) is 114 cm³/mol. The van der Waals surface area contributed by atoms with Crippen LogP contribution in [0.5, 0.6) is 0 Å². The second-order valence-electron chi connectivity index (χ2n) is 6.91. The summed E-state index contributed by atoms with van der Waals surface area (Å²) in [6.07, 6.45) is 3.75. The molecule has 0 aromatic heterocycles. The van der Waals surface area contributed by atoms with Crippen LogP contribution in [0.15, 0.2) is 60.7 Å². The van der Waals surface area contributed by atoms with Crippen LogP contribution < -0.4 is 10.6 Å². The molecule has 0 unspecified atom stereocenters. The van der Waals surface area contributed by atoms with Crippen molar-refractivity contribution in [2.75, 3.05) is 38.2 Å². The lowest BCUT2D eigenvalue weighted by Gasteiger charge is -2.26. The summed E-state index contributed by atoms with van der Waals surface area (Å²) in [5, 5.41) is 5.79. The van der Waals surface area contributed by atoms with Crippen LogP contribution in [-0.4, -0.2) is 49.6 Å². The average molecular weight is 393 g/mol. The molecular weight excluding hydrogens is 366 g/mol. The Hall–Kier alpha value is -2.96. The van der Waals surface area contributed by atoms with E-state index in [1.165, 1.54) is 6.08 Å². The first-order chi connectivity index (χ1) is 14.2. The van der Waals surface area contributed by atoms with Gasteiger partial charge in [-0.1, -0.05) is 42.5 Å². The predicted octanol–water partition coefficient (Wildman–Crippen LogP) is 2.68. The van der Waals surface area contributed by atoms with Crippen LogP contribution in [0.25, 0.3) is 6.08 Å². The number of carbonyl (C=O) groups excluding carboxylic acids is 2. The summed E-state index contributed by atoms with van der Waals surface area (Å²) in [7, 11) is 0. The zero-order valence-corrected chi connectivity index (χ0v) is 16.5. The molecule has 1 fully saturated rings. The number of hydrogen-bond acceptors (Lipinski definition) is 4. The van der Waals surface area contributed by atoms with Crippen molar-refractivity contribution in [3.8, 4) is 0 Å². The SMILES string of the molecule is O=C(/C=C/c1ccccc1)NCc1cccc(NC(=O)CCN2CCOCC2)c1. The third kappa shape index (κ3) is 7.52. The molecule has 0 radical (unpaired) electrons. The van der Waals surface area contributed by atoms with Crippen molar-refractivity contribution in [2.45, 2.75) is 13.0 Å². The molecule has 29 heavy (non-hydrogen) atoms.